The van der Waals surface area contributed by atoms with E-state index in [1.807, 2.05) is 49.5 Å². The number of ether oxygens (including phenoxy) is 1. The number of anilines is 2. The lowest BCUT2D eigenvalue weighted by molar-refractivity contribution is 0.102. The van der Waals surface area contributed by atoms with Crippen molar-refractivity contribution in [1.29, 1.82) is 0 Å². The molecule has 2 N–H and O–H groups in total. The van der Waals surface area contributed by atoms with Crippen LogP contribution in [-0.2, 0) is 11.3 Å². The van der Waals surface area contributed by atoms with Crippen LogP contribution in [0.4, 0.5) is 11.5 Å². The van der Waals surface area contributed by atoms with Crippen molar-refractivity contribution in [1.82, 2.24) is 19.7 Å². The van der Waals surface area contributed by atoms with Crippen molar-refractivity contribution in [3.63, 3.8) is 0 Å². The van der Waals surface area contributed by atoms with Gasteiger partial charge in [-0.25, -0.2) is 4.98 Å². The Morgan fingerprint density at radius 1 is 1.10 bits per heavy atom. The van der Waals surface area contributed by atoms with Crippen LogP contribution in [0.5, 0.6) is 0 Å². The second-order valence-electron chi connectivity index (χ2n) is 6.67. The monoisotopic (exact) mass is 402 g/mol. The maximum Gasteiger partial charge on any atom is 0.260 e. The smallest absolute Gasteiger partial charge is 0.260 e. The molecular formula is C22H22N6O2. The van der Waals surface area contributed by atoms with Crippen LogP contribution in [-0.4, -0.2) is 46.4 Å². The summed E-state index contributed by atoms with van der Waals surface area (Å²) in [5.74, 6) is 0.0800. The van der Waals surface area contributed by atoms with E-state index in [1.54, 1.807) is 24.2 Å². The van der Waals surface area contributed by atoms with E-state index in [0.717, 1.165) is 22.3 Å². The van der Waals surface area contributed by atoms with Gasteiger partial charge in [-0.2, -0.15) is 5.10 Å². The first-order valence-electron chi connectivity index (χ1n) is 9.55. The summed E-state index contributed by atoms with van der Waals surface area (Å²) in [7, 11) is 3.45. The Hall–Kier alpha value is -3.78. The second kappa shape index (κ2) is 8.71. The van der Waals surface area contributed by atoms with Crippen molar-refractivity contribution >= 4 is 28.4 Å². The van der Waals surface area contributed by atoms with Crippen LogP contribution in [0.1, 0.15) is 10.4 Å². The zero-order valence-electron chi connectivity index (χ0n) is 16.8. The average Bonchev–Trinajstić information content (AvgIpc) is 3.26. The molecule has 0 aliphatic carbocycles. The van der Waals surface area contributed by atoms with Gasteiger partial charge < -0.3 is 15.4 Å². The molecule has 0 atom stereocenters. The minimum absolute atomic E-state index is 0.294. The van der Waals surface area contributed by atoms with Gasteiger partial charge in [0.2, 0.25) is 0 Å². The van der Waals surface area contributed by atoms with Crippen LogP contribution < -0.4 is 10.6 Å². The molecule has 1 amide bonds. The highest BCUT2D eigenvalue weighted by molar-refractivity contribution is 6.04. The number of methoxy groups -OCH3 is 1. The molecule has 0 saturated heterocycles. The highest BCUT2D eigenvalue weighted by Crippen LogP contribution is 2.31. The van der Waals surface area contributed by atoms with Crippen LogP contribution in [0.15, 0.2) is 61.1 Å². The Balaban J connectivity index is 1.64. The van der Waals surface area contributed by atoms with Crippen LogP contribution in [0, 0.1) is 0 Å². The maximum absolute atomic E-state index is 12.6. The van der Waals surface area contributed by atoms with E-state index in [4.69, 9.17) is 4.74 Å². The van der Waals surface area contributed by atoms with E-state index in [2.05, 4.69) is 25.7 Å². The van der Waals surface area contributed by atoms with Crippen LogP contribution >= 0.6 is 0 Å². The summed E-state index contributed by atoms with van der Waals surface area (Å²) in [6, 6.07) is 14.0. The van der Waals surface area contributed by atoms with Crippen molar-refractivity contribution < 1.29 is 9.53 Å². The number of aromatic nitrogens is 4. The number of benzene rings is 2. The lowest BCUT2D eigenvalue weighted by atomic mass is 10.0. The number of nitrogens with zero attached hydrogens (tertiary/aromatic N) is 4. The second-order valence-corrected chi connectivity index (χ2v) is 6.67. The predicted molar refractivity (Wildman–Crippen MR) is 117 cm³/mol. The number of amides is 1. The van der Waals surface area contributed by atoms with Crippen LogP contribution in [0.3, 0.4) is 0 Å². The third-order valence-corrected chi connectivity index (χ3v) is 4.72. The summed E-state index contributed by atoms with van der Waals surface area (Å²) >= 11 is 0. The molecule has 0 aliphatic heterocycles. The van der Waals surface area contributed by atoms with Gasteiger partial charge in [0, 0.05) is 25.9 Å². The largest absolute Gasteiger partial charge is 0.386 e. The molecule has 0 unspecified atom stereocenters. The van der Waals surface area contributed by atoms with Crippen molar-refractivity contribution in [2.75, 3.05) is 31.4 Å². The highest BCUT2D eigenvalue weighted by atomic mass is 16.5. The molecule has 0 bridgehead atoms. The number of carbonyl (C=O) groups is 1. The van der Waals surface area contributed by atoms with Gasteiger partial charge in [0.05, 0.1) is 42.3 Å². The third kappa shape index (κ3) is 3.99. The van der Waals surface area contributed by atoms with E-state index in [0.29, 0.717) is 30.0 Å². The molecule has 0 saturated carbocycles. The Morgan fingerprint density at radius 2 is 1.93 bits per heavy atom. The SMILES string of the molecule is CNc1ccc(-c2ccccc2)c2ncc(NC(=O)c3cnn(CCOC)c3)nc12. The number of hydrogen-bond acceptors (Lipinski definition) is 6. The molecule has 2 aromatic heterocycles. The summed E-state index contributed by atoms with van der Waals surface area (Å²) in [4.78, 5) is 21.9. The van der Waals surface area contributed by atoms with Crippen molar-refractivity contribution in [3.05, 3.63) is 66.6 Å². The van der Waals surface area contributed by atoms with Gasteiger partial charge in [-0.1, -0.05) is 30.3 Å². The van der Waals surface area contributed by atoms with Gasteiger partial charge >= 0.3 is 0 Å². The summed E-state index contributed by atoms with van der Waals surface area (Å²) in [5, 5.41) is 10.1. The van der Waals surface area contributed by atoms with E-state index < -0.39 is 0 Å². The standard InChI is InChI=1S/C22H22N6O2/c1-23-18-9-8-17(15-6-4-3-5-7-15)20-21(18)26-19(13-24-20)27-22(29)16-12-25-28(14-16)10-11-30-2/h3-9,12-14,23H,10-11H2,1-2H3,(H,26,27,29). The Labute approximate surface area is 173 Å². The fourth-order valence-corrected chi connectivity index (χ4v) is 3.19. The van der Waals surface area contributed by atoms with Crippen LogP contribution in [0.25, 0.3) is 22.2 Å². The number of rotatable bonds is 7. The fourth-order valence-electron chi connectivity index (χ4n) is 3.19. The van der Waals surface area contributed by atoms with Crippen LogP contribution in [0.2, 0.25) is 0 Å². The Morgan fingerprint density at radius 3 is 2.70 bits per heavy atom. The molecule has 0 aliphatic rings. The van der Waals surface area contributed by atoms with Crippen molar-refractivity contribution in [2.45, 2.75) is 6.54 Å². The van der Waals surface area contributed by atoms with Gasteiger partial charge in [-0.05, 0) is 17.7 Å². The molecule has 0 fully saturated rings. The van der Waals surface area contributed by atoms with Gasteiger partial charge in [0.25, 0.3) is 5.91 Å². The van der Waals surface area contributed by atoms with Crippen molar-refractivity contribution in [2.24, 2.45) is 0 Å². The molecule has 4 aromatic rings. The Kier molecular flexibility index (Phi) is 5.67. The zero-order chi connectivity index (χ0) is 20.9. The molecule has 30 heavy (non-hydrogen) atoms. The first-order chi connectivity index (χ1) is 14.7. The molecule has 0 spiro atoms. The number of carbonyl (C=O) groups excluding carboxylic acids is 1. The molecule has 0 radical (unpaired) electrons. The zero-order valence-corrected chi connectivity index (χ0v) is 16.8. The highest BCUT2D eigenvalue weighted by Gasteiger charge is 2.14. The molecule has 8 heteroatoms. The Bertz CT molecular complexity index is 1170. The summed E-state index contributed by atoms with van der Waals surface area (Å²) < 4.78 is 6.69. The van der Waals surface area contributed by atoms with Gasteiger partial charge in [-0.15, -0.1) is 0 Å². The summed E-state index contributed by atoms with van der Waals surface area (Å²) in [5.41, 5.74) is 4.76. The lowest BCUT2D eigenvalue weighted by Crippen LogP contribution is -2.13. The number of nitrogens with one attached hydrogen (secondary N) is 2. The summed E-state index contributed by atoms with van der Waals surface area (Å²) in [6.07, 6.45) is 4.77. The van der Waals surface area contributed by atoms with Gasteiger partial charge in [0.1, 0.15) is 5.52 Å². The lowest BCUT2D eigenvalue weighted by Gasteiger charge is -2.11. The minimum atomic E-state index is -0.294. The first kappa shape index (κ1) is 19.5. The predicted octanol–water partition coefficient (Wildman–Crippen LogP) is 3.43. The summed E-state index contributed by atoms with van der Waals surface area (Å²) in [6.45, 7) is 1.10. The maximum atomic E-state index is 12.6. The molecular weight excluding hydrogens is 380 g/mol. The number of hydrogen-bond donors (Lipinski definition) is 2. The van der Waals surface area contributed by atoms with E-state index in [-0.39, 0.29) is 5.91 Å². The molecule has 8 nitrogen and oxygen atoms in total. The van der Waals surface area contributed by atoms with E-state index in [1.165, 1.54) is 6.20 Å². The third-order valence-electron chi connectivity index (χ3n) is 4.72. The average molecular weight is 402 g/mol. The topological polar surface area (TPSA) is 94.0 Å². The molecule has 2 heterocycles. The molecule has 2 aromatic carbocycles. The van der Waals surface area contributed by atoms with E-state index >= 15 is 0 Å². The van der Waals surface area contributed by atoms with Gasteiger partial charge in [-0.3, -0.25) is 14.5 Å². The molecule has 152 valence electrons. The normalized spacial score (nSPS) is 10.9. The molecule has 4 rings (SSSR count). The van der Waals surface area contributed by atoms with Gasteiger partial charge in [0.15, 0.2) is 5.82 Å². The number of fused-ring (bicyclic) bond motifs is 1. The van der Waals surface area contributed by atoms with Crippen molar-refractivity contribution in [3.8, 4) is 11.1 Å². The first-order valence-corrected chi connectivity index (χ1v) is 9.55. The quantitative estimate of drug-likeness (QED) is 0.492. The van der Waals surface area contributed by atoms with E-state index in [9.17, 15) is 4.79 Å². The fraction of sp³-hybridized carbons (Fsp3) is 0.182. The minimum Gasteiger partial charge on any atom is -0.386 e.